The Kier molecular flexibility index (Phi) is 3.27. The molecule has 1 heterocycles. The smallest absolute Gasteiger partial charge is 0.258 e. The average Bonchev–Trinajstić information content (AvgIpc) is 2.47. The standard InChI is InChI=1S/C15H10ClN3O2/c1-9-2-4-10(5-3-9)15-17-13-7-6-11(19(20)21)8-12(13)14(16)18-15/h2-8H,1H3. The van der Waals surface area contributed by atoms with Crippen molar-refractivity contribution >= 4 is 28.2 Å². The van der Waals surface area contributed by atoms with Gasteiger partial charge >= 0.3 is 0 Å². The molecule has 3 aromatic rings. The highest BCUT2D eigenvalue weighted by Gasteiger charge is 2.12. The van der Waals surface area contributed by atoms with Gasteiger partial charge in [0.2, 0.25) is 0 Å². The van der Waals surface area contributed by atoms with Crippen LogP contribution in [0.5, 0.6) is 0 Å². The van der Waals surface area contributed by atoms with Gasteiger partial charge in [0.25, 0.3) is 5.69 Å². The first-order valence-electron chi connectivity index (χ1n) is 6.23. The van der Waals surface area contributed by atoms with Crippen LogP contribution in [0.1, 0.15) is 5.56 Å². The Morgan fingerprint density at radius 2 is 1.81 bits per heavy atom. The van der Waals surface area contributed by atoms with E-state index in [1.54, 1.807) is 6.07 Å². The molecule has 2 aromatic carbocycles. The number of fused-ring (bicyclic) bond motifs is 1. The van der Waals surface area contributed by atoms with E-state index in [1.165, 1.54) is 12.1 Å². The molecule has 0 fully saturated rings. The van der Waals surface area contributed by atoms with Crippen molar-refractivity contribution in [2.45, 2.75) is 6.92 Å². The van der Waals surface area contributed by atoms with Gasteiger partial charge in [-0.05, 0) is 13.0 Å². The fourth-order valence-electron chi connectivity index (χ4n) is 2.02. The first-order valence-corrected chi connectivity index (χ1v) is 6.61. The minimum absolute atomic E-state index is 0.0314. The van der Waals surface area contributed by atoms with Crippen molar-refractivity contribution in [1.29, 1.82) is 0 Å². The summed E-state index contributed by atoms with van der Waals surface area (Å²) in [6.07, 6.45) is 0. The Bertz CT molecular complexity index is 847. The zero-order chi connectivity index (χ0) is 15.0. The molecule has 5 nitrogen and oxygen atoms in total. The Morgan fingerprint density at radius 3 is 2.48 bits per heavy atom. The molecule has 0 saturated carbocycles. The van der Waals surface area contributed by atoms with Gasteiger partial charge in [-0.2, -0.15) is 0 Å². The quantitative estimate of drug-likeness (QED) is 0.404. The minimum Gasteiger partial charge on any atom is -0.258 e. The van der Waals surface area contributed by atoms with Gasteiger partial charge in [0.1, 0.15) is 5.15 Å². The summed E-state index contributed by atoms with van der Waals surface area (Å²) in [5, 5.41) is 11.5. The van der Waals surface area contributed by atoms with Crippen LogP contribution in [0.25, 0.3) is 22.3 Å². The topological polar surface area (TPSA) is 68.9 Å². The third-order valence-corrected chi connectivity index (χ3v) is 3.44. The number of aryl methyl sites for hydroxylation is 1. The predicted molar refractivity (Wildman–Crippen MR) is 81.4 cm³/mol. The summed E-state index contributed by atoms with van der Waals surface area (Å²) in [5.41, 5.74) is 2.54. The van der Waals surface area contributed by atoms with Crippen molar-refractivity contribution < 1.29 is 4.92 Å². The van der Waals surface area contributed by atoms with Crippen LogP contribution in [0.3, 0.4) is 0 Å². The molecule has 21 heavy (non-hydrogen) atoms. The maximum atomic E-state index is 10.8. The Labute approximate surface area is 125 Å². The molecule has 0 atom stereocenters. The lowest BCUT2D eigenvalue weighted by atomic mass is 10.1. The van der Waals surface area contributed by atoms with Crippen LogP contribution in [0.4, 0.5) is 5.69 Å². The Morgan fingerprint density at radius 1 is 1.10 bits per heavy atom. The summed E-state index contributed by atoms with van der Waals surface area (Å²) < 4.78 is 0. The number of nitrogens with zero attached hydrogens (tertiary/aromatic N) is 3. The van der Waals surface area contributed by atoms with E-state index in [4.69, 9.17) is 11.6 Å². The summed E-state index contributed by atoms with van der Waals surface area (Å²) >= 11 is 6.15. The van der Waals surface area contributed by atoms with Crippen molar-refractivity contribution in [3.63, 3.8) is 0 Å². The second-order valence-electron chi connectivity index (χ2n) is 4.66. The molecule has 0 aliphatic carbocycles. The van der Waals surface area contributed by atoms with E-state index < -0.39 is 4.92 Å². The largest absolute Gasteiger partial charge is 0.270 e. The number of aromatic nitrogens is 2. The number of non-ortho nitro benzene ring substituents is 1. The molecule has 104 valence electrons. The van der Waals surface area contributed by atoms with E-state index in [-0.39, 0.29) is 10.8 Å². The molecular weight excluding hydrogens is 290 g/mol. The lowest BCUT2D eigenvalue weighted by molar-refractivity contribution is -0.384. The second-order valence-corrected chi connectivity index (χ2v) is 5.02. The van der Waals surface area contributed by atoms with Crippen LogP contribution in [-0.4, -0.2) is 14.9 Å². The number of nitro benzene ring substituents is 1. The molecular formula is C15H10ClN3O2. The van der Waals surface area contributed by atoms with Gasteiger partial charge in [0.15, 0.2) is 5.82 Å². The number of hydrogen-bond donors (Lipinski definition) is 0. The molecule has 0 N–H and O–H groups in total. The summed E-state index contributed by atoms with van der Waals surface area (Å²) in [4.78, 5) is 19.0. The number of halogens is 1. The minimum atomic E-state index is -0.469. The van der Waals surface area contributed by atoms with Crippen LogP contribution < -0.4 is 0 Å². The molecule has 0 radical (unpaired) electrons. The van der Waals surface area contributed by atoms with Crippen LogP contribution >= 0.6 is 11.6 Å². The first-order chi connectivity index (χ1) is 10.0. The molecule has 6 heteroatoms. The summed E-state index contributed by atoms with van der Waals surface area (Å²) in [6.45, 7) is 2.00. The van der Waals surface area contributed by atoms with Crippen LogP contribution in [0.2, 0.25) is 5.15 Å². The third-order valence-electron chi connectivity index (χ3n) is 3.15. The second kappa shape index (κ2) is 5.10. The highest BCUT2D eigenvalue weighted by Crippen LogP contribution is 2.27. The van der Waals surface area contributed by atoms with Crippen molar-refractivity contribution in [2.75, 3.05) is 0 Å². The van der Waals surface area contributed by atoms with E-state index in [1.807, 2.05) is 31.2 Å². The van der Waals surface area contributed by atoms with Gasteiger partial charge in [-0.3, -0.25) is 10.1 Å². The first kappa shape index (κ1) is 13.5. The molecule has 0 aliphatic rings. The number of hydrogen-bond acceptors (Lipinski definition) is 4. The highest BCUT2D eigenvalue weighted by atomic mass is 35.5. The molecule has 0 aliphatic heterocycles. The van der Waals surface area contributed by atoms with Gasteiger partial charge in [0.05, 0.1) is 10.4 Å². The van der Waals surface area contributed by atoms with Crippen molar-refractivity contribution in [3.05, 3.63) is 63.3 Å². The average molecular weight is 300 g/mol. The Balaban J connectivity index is 2.17. The van der Waals surface area contributed by atoms with E-state index in [0.717, 1.165) is 11.1 Å². The van der Waals surface area contributed by atoms with E-state index in [2.05, 4.69) is 9.97 Å². The number of rotatable bonds is 2. The molecule has 0 unspecified atom stereocenters. The lowest BCUT2D eigenvalue weighted by Gasteiger charge is -2.05. The molecule has 0 amide bonds. The molecule has 0 spiro atoms. The number of benzene rings is 2. The normalized spacial score (nSPS) is 10.8. The van der Waals surface area contributed by atoms with Gasteiger partial charge in [-0.1, -0.05) is 41.4 Å². The van der Waals surface area contributed by atoms with Crippen LogP contribution in [0, 0.1) is 17.0 Å². The Hall–Kier alpha value is -2.53. The fourth-order valence-corrected chi connectivity index (χ4v) is 2.26. The zero-order valence-corrected chi connectivity index (χ0v) is 11.8. The summed E-state index contributed by atoms with van der Waals surface area (Å²) in [7, 11) is 0. The van der Waals surface area contributed by atoms with E-state index in [0.29, 0.717) is 16.7 Å². The van der Waals surface area contributed by atoms with Gasteiger partial charge < -0.3 is 0 Å². The van der Waals surface area contributed by atoms with Crippen molar-refractivity contribution in [3.8, 4) is 11.4 Å². The summed E-state index contributed by atoms with van der Waals surface area (Å²) in [6, 6.07) is 12.1. The lowest BCUT2D eigenvalue weighted by Crippen LogP contribution is -1.94. The van der Waals surface area contributed by atoms with E-state index in [9.17, 15) is 10.1 Å². The van der Waals surface area contributed by atoms with Crippen LogP contribution in [-0.2, 0) is 0 Å². The van der Waals surface area contributed by atoms with Crippen molar-refractivity contribution in [1.82, 2.24) is 9.97 Å². The van der Waals surface area contributed by atoms with Gasteiger partial charge in [-0.25, -0.2) is 9.97 Å². The molecule has 1 aromatic heterocycles. The highest BCUT2D eigenvalue weighted by molar-refractivity contribution is 6.34. The van der Waals surface area contributed by atoms with Crippen molar-refractivity contribution in [2.24, 2.45) is 0 Å². The van der Waals surface area contributed by atoms with Crippen LogP contribution in [0.15, 0.2) is 42.5 Å². The van der Waals surface area contributed by atoms with E-state index >= 15 is 0 Å². The maximum Gasteiger partial charge on any atom is 0.270 e. The zero-order valence-electron chi connectivity index (χ0n) is 11.1. The molecule has 3 rings (SSSR count). The monoisotopic (exact) mass is 299 g/mol. The summed E-state index contributed by atoms with van der Waals surface area (Å²) in [5.74, 6) is 0.501. The third kappa shape index (κ3) is 2.55. The number of nitro groups is 1. The van der Waals surface area contributed by atoms with Gasteiger partial charge in [0, 0.05) is 23.1 Å². The maximum absolute atomic E-state index is 10.8. The SMILES string of the molecule is Cc1ccc(-c2nc(Cl)c3cc([N+](=O)[O-])ccc3n2)cc1. The van der Waals surface area contributed by atoms with Gasteiger partial charge in [-0.15, -0.1) is 0 Å². The molecule has 0 bridgehead atoms. The molecule has 0 saturated heterocycles. The fraction of sp³-hybridized carbons (Fsp3) is 0.0667. The predicted octanol–water partition coefficient (Wildman–Crippen LogP) is 4.17.